The Balaban J connectivity index is 1.45. The maximum Gasteiger partial charge on any atom is 0.231 e. The van der Waals surface area contributed by atoms with Gasteiger partial charge in [0.1, 0.15) is 0 Å². The van der Waals surface area contributed by atoms with Crippen LogP contribution in [0.15, 0.2) is 28.6 Å². The standard InChI is InChI=1S/C19H26N4O2S/c1-19(2,3)17-23-14(11-26-17)10-22-18(20-4)21-8-7-13-5-6-15-16(9-13)25-12-24-15/h5-6,9,11H,7-8,10,12H2,1-4H3,(H2,20,21,22). The Kier molecular flexibility index (Phi) is 5.66. The van der Waals surface area contributed by atoms with E-state index in [-0.39, 0.29) is 5.41 Å². The SMILES string of the molecule is CN=C(NCCc1ccc2c(c1)OCO2)NCc1csc(C(C)(C)C)n1. The van der Waals surface area contributed by atoms with Gasteiger partial charge in [0.05, 0.1) is 17.2 Å². The summed E-state index contributed by atoms with van der Waals surface area (Å²) in [6.07, 6.45) is 0.877. The first kappa shape index (κ1) is 18.5. The molecule has 0 saturated carbocycles. The zero-order chi connectivity index (χ0) is 18.6. The highest BCUT2D eigenvalue weighted by Crippen LogP contribution is 2.32. The third kappa shape index (κ3) is 4.66. The molecule has 0 radical (unpaired) electrons. The molecule has 0 unspecified atom stereocenters. The minimum atomic E-state index is 0.0907. The van der Waals surface area contributed by atoms with E-state index < -0.39 is 0 Å². The Morgan fingerprint density at radius 2 is 2.04 bits per heavy atom. The first-order chi connectivity index (χ1) is 12.5. The van der Waals surface area contributed by atoms with Crippen molar-refractivity contribution < 1.29 is 9.47 Å². The number of nitrogens with zero attached hydrogens (tertiary/aromatic N) is 2. The molecule has 6 nitrogen and oxygen atoms in total. The quantitative estimate of drug-likeness (QED) is 0.622. The fraction of sp³-hybridized carbons (Fsp3) is 0.474. The van der Waals surface area contributed by atoms with Crippen LogP contribution in [0.2, 0.25) is 0 Å². The van der Waals surface area contributed by atoms with Crippen LogP contribution in [0, 0.1) is 0 Å². The predicted molar refractivity (Wildman–Crippen MR) is 105 cm³/mol. The fourth-order valence-electron chi connectivity index (χ4n) is 2.55. The number of hydrogen-bond acceptors (Lipinski definition) is 5. The van der Waals surface area contributed by atoms with Gasteiger partial charge in [-0.2, -0.15) is 0 Å². The van der Waals surface area contributed by atoms with E-state index >= 15 is 0 Å². The van der Waals surface area contributed by atoms with E-state index in [4.69, 9.17) is 14.5 Å². The van der Waals surface area contributed by atoms with Gasteiger partial charge in [0.15, 0.2) is 17.5 Å². The fourth-order valence-corrected chi connectivity index (χ4v) is 3.46. The second-order valence-corrected chi connectivity index (χ2v) is 8.04. The molecule has 0 atom stereocenters. The number of fused-ring (bicyclic) bond motifs is 1. The van der Waals surface area contributed by atoms with Crippen molar-refractivity contribution >= 4 is 17.3 Å². The van der Waals surface area contributed by atoms with Gasteiger partial charge < -0.3 is 20.1 Å². The molecule has 2 heterocycles. The first-order valence-corrected chi connectivity index (χ1v) is 9.61. The molecule has 0 spiro atoms. The summed E-state index contributed by atoms with van der Waals surface area (Å²) in [4.78, 5) is 8.97. The first-order valence-electron chi connectivity index (χ1n) is 8.73. The molecule has 1 aromatic carbocycles. The lowest BCUT2D eigenvalue weighted by molar-refractivity contribution is 0.174. The Bertz CT molecular complexity index is 780. The average Bonchev–Trinajstić information content (AvgIpc) is 3.26. The molecule has 0 aliphatic carbocycles. The number of rotatable bonds is 5. The van der Waals surface area contributed by atoms with Crippen LogP contribution in [0.5, 0.6) is 11.5 Å². The summed E-state index contributed by atoms with van der Waals surface area (Å²) in [6.45, 7) is 8.29. The van der Waals surface area contributed by atoms with Crippen molar-refractivity contribution in [1.82, 2.24) is 15.6 Å². The number of nitrogens with one attached hydrogen (secondary N) is 2. The molecule has 1 aliphatic rings. The van der Waals surface area contributed by atoms with Crippen LogP contribution >= 0.6 is 11.3 Å². The lowest BCUT2D eigenvalue weighted by atomic mass is 9.98. The average molecular weight is 375 g/mol. The molecule has 1 aromatic heterocycles. The van der Waals surface area contributed by atoms with Gasteiger partial charge in [-0.05, 0) is 24.1 Å². The van der Waals surface area contributed by atoms with Crippen LogP contribution in [0.25, 0.3) is 0 Å². The summed E-state index contributed by atoms with van der Waals surface area (Å²) < 4.78 is 10.8. The predicted octanol–water partition coefficient (Wildman–Crippen LogP) is 3.08. The molecule has 7 heteroatoms. The van der Waals surface area contributed by atoms with Crippen molar-refractivity contribution in [2.75, 3.05) is 20.4 Å². The van der Waals surface area contributed by atoms with Crippen molar-refractivity contribution in [2.24, 2.45) is 4.99 Å². The summed E-state index contributed by atoms with van der Waals surface area (Å²) >= 11 is 1.71. The van der Waals surface area contributed by atoms with Crippen molar-refractivity contribution in [3.63, 3.8) is 0 Å². The van der Waals surface area contributed by atoms with Crippen molar-refractivity contribution in [2.45, 2.75) is 39.2 Å². The number of benzene rings is 1. The van der Waals surface area contributed by atoms with Crippen LogP contribution in [0.4, 0.5) is 0 Å². The molecule has 1 aliphatic heterocycles. The van der Waals surface area contributed by atoms with Gasteiger partial charge in [-0.1, -0.05) is 26.8 Å². The van der Waals surface area contributed by atoms with Gasteiger partial charge in [-0.3, -0.25) is 4.99 Å². The zero-order valence-electron chi connectivity index (χ0n) is 15.8. The number of ether oxygens (including phenoxy) is 2. The van der Waals surface area contributed by atoms with Crippen LogP contribution in [0.1, 0.15) is 37.0 Å². The van der Waals surface area contributed by atoms with E-state index in [0.717, 1.165) is 41.1 Å². The zero-order valence-corrected chi connectivity index (χ0v) is 16.6. The summed E-state index contributed by atoms with van der Waals surface area (Å²) in [7, 11) is 1.78. The molecule has 26 heavy (non-hydrogen) atoms. The second-order valence-electron chi connectivity index (χ2n) is 7.18. The van der Waals surface area contributed by atoms with Crippen molar-refractivity contribution in [3.8, 4) is 11.5 Å². The van der Waals surface area contributed by atoms with Gasteiger partial charge >= 0.3 is 0 Å². The molecule has 0 amide bonds. The van der Waals surface area contributed by atoms with Crippen LogP contribution in [-0.4, -0.2) is 31.3 Å². The van der Waals surface area contributed by atoms with Gasteiger partial charge in [0.2, 0.25) is 6.79 Å². The minimum absolute atomic E-state index is 0.0907. The lowest BCUT2D eigenvalue weighted by Crippen LogP contribution is -2.37. The second kappa shape index (κ2) is 7.95. The van der Waals surface area contributed by atoms with Crippen LogP contribution < -0.4 is 20.1 Å². The molecular weight excluding hydrogens is 348 g/mol. The smallest absolute Gasteiger partial charge is 0.231 e. The molecule has 3 rings (SSSR count). The van der Waals surface area contributed by atoms with Crippen LogP contribution in [0.3, 0.4) is 0 Å². The highest BCUT2D eigenvalue weighted by molar-refractivity contribution is 7.09. The number of aromatic nitrogens is 1. The molecule has 0 bridgehead atoms. The Hall–Kier alpha value is -2.28. The lowest BCUT2D eigenvalue weighted by Gasteiger charge is -2.14. The van der Waals surface area contributed by atoms with E-state index in [1.165, 1.54) is 5.56 Å². The van der Waals surface area contributed by atoms with E-state index in [1.807, 2.05) is 12.1 Å². The topological polar surface area (TPSA) is 67.8 Å². The van der Waals surface area contributed by atoms with Gasteiger partial charge in [0.25, 0.3) is 0 Å². The molecule has 0 saturated heterocycles. The van der Waals surface area contributed by atoms with Gasteiger partial charge in [0, 0.05) is 24.4 Å². The maximum atomic E-state index is 5.42. The maximum absolute atomic E-state index is 5.42. The Morgan fingerprint density at radius 3 is 2.77 bits per heavy atom. The van der Waals surface area contributed by atoms with E-state index in [9.17, 15) is 0 Å². The Labute approximate surface area is 158 Å². The van der Waals surface area contributed by atoms with Crippen molar-refractivity contribution in [3.05, 3.63) is 39.8 Å². The molecule has 2 N–H and O–H groups in total. The van der Waals surface area contributed by atoms with Gasteiger partial charge in [-0.15, -0.1) is 11.3 Å². The molecule has 2 aromatic rings. The van der Waals surface area contributed by atoms with Crippen LogP contribution in [-0.2, 0) is 18.4 Å². The number of guanidine groups is 1. The number of hydrogen-bond donors (Lipinski definition) is 2. The third-order valence-electron chi connectivity index (χ3n) is 4.00. The Morgan fingerprint density at radius 1 is 1.23 bits per heavy atom. The minimum Gasteiger partial charge on any atom is -0.454 e. The monoisotopic (exact) mass is 374 g/mol. The largest absolute Gasteiger partial charge is 0.454 e. The summed E-state index contributed by atoms with van der Waals surface area (Å²) in [5, 5.41) is 9.91. The molecule has 140 valence electrons. The summed E-state index contributed by atoms with van der Waals surface area (Å²) in [5.74, 6) is 2.41. The molecular formula is C19H26N4O2S. The number of aliphatic imine (C=N–C) groups is 1. The summed E-state index contributed by atoms with van der Waals surface area (Å²) in [5.41, 5.74) is 2.33. The van der Waals surface area contributed by atoms with Crippen molar-refractivity contribution in [1.29, 1.82) is 0 Å². The van der Waals surface area contributed by atoms with E-state index in [2.05, 4.69) is 47.8 Å². The summed E-state index contributed by atoms with van der Waals surface area (Å²) in [6, 6.07) is 6.05. The third-order valence-corrected chi connectivity index (χ3v) is 5.31. The van der Waals surface area contributed by atoms with E-state index in [1.54, 1.807) is 18.4 Å². The number of thiazole rings is 1. The van der Waals surface area contributed by atoms with E-state index in [0.29, 0.717) is 13.3 Å². The molecule has 0 fully saturated rings. The highest BCUT2D eigenvalue weighted by Gasteiger charge is 2.18. The normalized spacial score (nSPS) is 13.8. The highest BCUT2D eigenvalue weighted by atomic mass is 32.1. The van der Waals surface area contributed by atoms with Gasteiger partial charge in [-0.25, -0.2) is 4.98 Å².